The zero-order chi connectivity index (χ0) is 16.8. The standard InChI is InChI=1S/C16H19ClN4O2/c1-4-7-18-15-9-13(19-10(2)20-15)16(22)21-12-8-11(17)5-6-14(12)23-3/h5-6,8-9H,4,7H2,1-3H3,(H,21,22)(H,18,19,20). The third kappa shape index (κ3) is 4.56. The normalized spacial score (nSPS) is 10.3. The Labute approximate surface area is 140 Å². The van der Waals surface area contributed by atoms with Gasteiger partial charge in [0, 0.05) is 17.6 Å². The molecule has 0 atom stereocenters. The Kier molecular flexibility index (Phi) is 5.76. The lowest BCUT2D eigenvalue weighted by Gasteiger charge is -2.11. The highest BCUT2D eigenvalue weighted by Crippen LogP contribution is 2.28. The van der Waals surface area contributed by atoms with E-state index < -0.39 is 0 Å². The van der Waals surface area contributed by atoms with Gasteiger partial charge in [-0.05, 0) is 31.5 Å². The fraction of sp³-hybridized carbons (Fsp3) is 0.312. The predicted octanol–water partition coefficient (Wildman–Crippen LogP) is 3.52. The summed E-state index contributed by atoms with van der Waals surface area (Å²) in [6.45, 7) is 4.58. The van der Waals surface area contributed by atoms with Gasteiger partial charge in [-0.3, -0.25) is 4.79 Å². The number of hydrogen-bond donors (Lipinski definition) is 2. The number of rotatable bonds is 6. The first-order valence-electron chi connectivity index (χ1n) is 7.28. The lowest BCUT2D eigenvalue weighted by molar-refractivity contribution is 0.102. The fourth-order valence-electron chi connectivity index (χ4n) is 1.99. The topological polar surface area (TPSA) is 76.1 Å². The first kappa shape index (κ1) is 17.0. The minimum Gasteiger partial charge on any atom is -0.495 e. The summed E-state index contributed by atoms with van der Waals surface area (Å²) in [5.74, 6) is 1.32. The lowest BCUT2D eigenvalue weighted by atomic mass is 10.2. The van der Waals surface area contributed by atoms with Crippen LogP contribution >= 0.6 is 11.6 Å². The number of nitrogens with one attached hydrogen (secondary N) is 2. The summed E-state index contributed by atoms with van der Waals surface area (Å²) in [4.78, 5) is 20.9. The van der Waals surface area contributed by atoms with Crippen molar-refractivity contribution in [3.63, 3.8) is 0 Å². The molecule has 7 heteroatoms. The van der Waals surface area contributed by atoms with Crippen molar-refractivity contribution in [1.29, 1.82) is 0 Å². The van der Waals surface area contributed by atoms with Gasteiger partial charge in [0.15, 0.2) is 0 Å². The van der Waals surface area contributed by atoms with Gasteiger partial charge in [0.05, 0.1) is 12.8 Å². The largest absolute Gasteiger partial charge is 0.495 e. The molecule has 1 aromatic heterocycles. The number of methoxy groups -OCH3 is 1. The third-order valence-corrected chi connectivity index (χ3v) is 3.27. The number of benzene rings is 1. The van der Waals surface area contributed by atoms with Gasteiger partial charge in [0.1, 0.15) is 23.1 Å². The van der Waals surface area contributed by atoms with Crippen molar-refractivity contribution in [3.8, 4) is 5.75 Å². The van der Waals surface area contributed by atoms with E-state index >= 15 is 0 Å². The third-order valence-electron chi connectivity index (χ3n) is 3.04. The van der Waals surface area contributed by atoms with Crippen LogP contribution in [0.3, 0.4) is 0 Å². The van der Waals surface area contributed by atoms with Crippen molar-refractivity contribution < 1.29 is 9.53 Å². The van der Waals surface area contributed by atoms with Gasteiger partial charge in [0.25, 0.3) is 5.91 Å². The second-order valence-corrected chi connectivity index (χ2v) is 5.35. The Morgan fingerprint density at radius 1 is 1.30 bits per heavy atom. The highest BCUT2D eigenvalue weighted by Gasteiger charge is 2.13. The Morgan fingerprint density at radius 2 is 2.09 bits per heavy atom. The van der Waals surface area contributed by atoms with Crippen LogP contribution in [0.4, 0.5) is 11.5 Å². The molecule has 6 nitrogen and oxygen atoms in total. The summed E-state index contributed by atoms with van der Waals surface area (Å²) in [7, 11) is 1.53. The first-order valence-corrected chi connectivity index (χ1v) is 7.65. The van der Waals surface area contributed by atoms with E-state index in [1.165, 1.54) is 7.11 Å². The molecule has 2 N–H and O–H groups in total. The summed E-state index contributed by atoms with van der Waals surface area (Å²) in [5.41, 5.74) is 0.766. The van der Waals surface area contributed by atoms with Crippen LogP contribution < -0.4 is 15.4 Å². The SMILES string of the molecule is CCCNc1cc(C(=O)Nc2cc(Cl)ccc2OC)nc(C)n1. The van der Waals surface area contributed by atoms with Crippen LogP contribution in [-0.4, -0.2) is 29.5 Å². The zero-order valence-electron chi connectivity index (χ0n) is 13.3. The van der Waals surface area contributed by atoms with Crippen LogP contribution in [0, 0.1) is 6.92 Å². The quantitative estimate of drug-likeness (QED) is 0.845. The second kappa shape index (κ2) is 7.78. The van der Waals surface area contributed by atoms with Crippen molar-refractivity contribution >= 4 is 29.0 Å². The molecule has 0 aliphatic carbocycles. The van der Waals surface area contributed by atoms with E-state index in [0.717, 1.165) is 13.0 Å². The van der Waals surface area contributed by atoms with Gasteiger partial charge < -0.3 is 15.4 Å². The molecule has 1 heterocycles. The molecule has 0 radical (unpaired) electrons. The number of ether oxygens (including phenoxy) is 1. The maximum atomic E-state index is 12.4. The number of amides is 1. The number of anilines is 2. The van der Waals surface area contributed by atoms with Gasteiger partial charge in [-0.1, -0.05) is 18.5 Å². The minimum absolute atomic E-state index is 0.276. The van der Waals surface area contributed by atoms with Crippen LogP contribution in [0.5, 0.6) is 5.75 Å². The number of carbonyl (C=O) groups is 1. The van der Waals surface area contributed by atoms with Crippen molar-refractivity contribution in [2.45, 2.75) is 20.3 Å². The monoisotopic (exact) mass is 334 g/mol. The first-order chi connectivity index (χ1) is 11.0. The molecule has 0 unspecified atom stereocenters. The summed E-state index contributed by atoms with van der Waals surface area (Å²) >= 11 is 5.97. The number of aryl methyl sites for hydroxylation is 1. The minimum atomic E-state index is -0.351. The molecule has 0 spiro atoms. The lowest BCUT2D eigenvalue weighted by Crippen LogP contribution is -2.16. The summed E-state index contributed by atoms with van der Waals surface area (Å²) in [5, 5.41) is 6.42. The van der Waals surface area contributed by atoms with E-state index in [9.17, 15) is 4.79 Å². The fourth-order valence-corrected chi connectivity index (χ4v) is 2.16. The smallest absolute Gasteiger partial charge is 0.274 e. The van der Waals surface area contributed by atoms with E-state index in [1.54, 1.807) is 31.2 Å². The average Bonchev–Trinajstić information content (AvgIpc) is 2.52. The maximum absolute atomic E-state index is 12.4. The average molecular weight is 335 g/mol. The van der Waals surface area contributed by atoms with Crippen LogP contribution in [0.2, 0.25) is 5.02 Å². The zero-order valence-corrected chi connectivity index (χ0v) is 14.1. The van der Waals surface area contributed by atoms with Gasteiger partial charge in [-0.2, -0.15) is 0 Å². The molecule has 0 saturated carbocycles. The number of carbonyl (C=O) groups excluding carboxylic acids is 1. The molecule has 0 aliphatic rings. The predicted molar refractivity (Wildman–Crippen MR) is 91.5 cm³/mol. The number of halogens is 1. The Balaban J connectivity index is 2.24. The molecular weight excluding hydrogens is 316 g/mol. The second-order valence-electron chi connectivity index (χ2n) is 4.91. The van der Waals surface area contributed by atoms with E-state index in [-0.39, 0.29) is 11.6 Å². The Hall–Kier alpha value is -2.34. The molecule has 2 aromatic rings. The van der Waals surface area contributed by atoms with Gasteiger partial charge in [0.2, 0.25) is 0 Å². The number of nitrogens with zero attached hydrogens (tertiary/aromatic N) is 2. The molecule has 0 bridgehead atoms. The van der Waals surface area contributed by atoms with Gasteiger partial charge >= 0.3 is 0 Å². The molecule has 0 aliphatic heterocycles. The van der Waals surface area contributed by atoms with Crippen LogP contribution in [0.1, 0.15) is 29.7 Å². The van der Waals surface area contributed by atoms with Crippen LogP contribution in [-0.2, 0) is 0 Å². The van der Waals surface area contributed by atoms with Gasteiger partial charge in [-0.25, -0.2) is 9.97 Å². The molecule has 0 saturated heterocycles. The van der Waals surface area contributed by atoms with Crippen molar-refractivity contribution in [3.05, 3.63) is 40.8 Å². The summed E-state index contributed by atoms with van der Waals surface area (Å²) in [6.07, 6.45) is 0.963. The van der Waals surface area contributed by atoms with E-state index in [4.69, 9.17) is 16.3 Å². The van der Waals surface area contributed by atoms with E-state index in [1.807, 2.05) is 0 Å². The molecule has 122 valence electrons. The molecule has 23 heavy (non-hydrogen) atoms. The number of hydrogen-bond acceptors (Lipinski definition) is 5. The molecule has 2 rings (SSSR count). The summed E-state index contributed by atoms with van der Waals surface area (Å²) < 4.78 is 5.22. The Morgan fingerprint density at radius 3 is 2.78 bits per heavy atom. The van der Waals surface area contributed by atoms with Crippen LogP contribution in [0.15, 0.2) is 24.3 Å². The van der Waals surface area contributed by atoms with Crippen molar-refractivity contribution in [1.82, 2.24) is 9.97 Å². The van der Waals surface area contributed by atoms with Gasteiger partial charge in [-0.15, -0.1) is 0 Å². The molecule has 0 fully saturated rings. The molecular formula is C16H19ClN4O2. The molecule has 1 amide bonds. The van der Waals surface area contributed by atoms with Crippen molar-refractivity contribution in [2.75, 3.05) is 24.3 Å². The molecule has 1 aromatic carbocycles. The summed E-state index contributed by atoms with van der Waals surface area (Å²) in [6, 6.07) is 6.63. The van der Waals surface area contributed by atoms with E-state index in [0.29, 0.717) is 28.1 Å². The van der Waals surface area contributed by atoms with E-state index in [2.05, 4.69) is 27.5 Å². The Bertz CT molecular complexity index is 706. The highest BCUT2D eigenvalue weighted by molar-refractivity contribution is 6.31. The maximum Gasteiger partial charge on any atom is 0.274 e. The van der Waals surface area contributed by atoms with Crippen molar-refractivity contribution in [2.24, 2.45) is 0 Å². The highest BCUT2D eigenvalue weighted by atomic mass is 35.5. The van der Waals surface area contributed by atoms with Crippen LogP contribution in [0.25, 0.3) is 0 Å². The number of aromatic nitrogens is 2.